The molecule has 0 aliphatic carbocycles. The molecule has 3 heteroatoms. The standard InChI is InChI=1S/C12H12ClNO/c1-2-9-14-12(15)8-7-10-5-3-4-6-11(10)13/h1,3-6H,7-9H2,(H,14,15). The minimum Gasteiger partial charge on any atom is -0.345 e. The molecule has 1 rings (SSSR count). The van der Waals surface area contributed by atoms with E-state index in [-0.39, 0.29) is 12.5 Å². The van der Waals surface area contributed by atoms with E-state index in [1.165, 1.54) is 0 Å². The monoisotopic (exact) mass is 221 g/mol. The van der Waals surface area contributed by atoms with Crippen molar-refractivity contribution in [3.63, 3.8) is 0 Å². The number of terminal acetylenes is 1. The predicted octanol–water partition coefficient (Wildman–Crippen LogP) is 2.02. The van der Waals surface area contributed by atoms with Gasteiger partial charge in [0.2, 0.25) is 5.91 Å². The van der Waals surface area contributed by atoms with E-state index in [0.29, 0.717) is 17.9 Å². The molecule has 0 heterocycles. The molecule has 1 amide bonds. The molecule has 1 aromatic carbocycles. The predicted molar refractivity (Wildman–Crippen MR) is 61.6 cm³/mol. The number of aryl methyl sites for hydroxylation is 1. The highest BCUT2D eigenvalue weighted by Crippen LogP contribution is 2.16. The molecule has 0 unspecified atom stereocenters. The maximum atomic E-state index is 11.2. The minimum absolute atomic E-state index is 0.0483. The van der Waals surface area contributed by atoms with E-state index < -0.39 is 0 Å². The third-order valence-electron chi connectivity index (χ3n) is 1.97. The molecule has 2 nitrogen and oxygen atoms in total. The molecule has 0 aromatic heterocycles. The summed E-state index contributed by atoms with van der Waals surface area (Å²) in [5.41, 5.74) is 0.982. The number of carbonyl (C=O) groups is 1. The number of rotatable bonds is 4. The average molecular weight is 222 g/mol. The lowest BCUT2D eigenvalue weighted by molar-refractivity contribution is -0.120. The molecular weight excluding hydrogens is 210 g/mol. The number of amides is 1. The molecule has 78 valence electrons. The van der Waals surface area contributed by atoms with Crippen molar-refractivity contribution in [1.29, 1.82) is 0 Å². The van der Waals surface area contributed by atoms with Crippen LogP contribution in [0.4, 0.5) is 0 Å². The minimum atomic E-state index is -0.0483. The van der Waals surface area contributed by atoms with Gasteiger partial charge in [0.25, 0.3) is 0 Å². The van der Waals surface area contributed by atoms with E-state index in [2.05, 4.69) is 11.2 Å². The quantitative estimate of drug-likeness (QED) is 0.775. The number of hydrogen-bond acceptors (Lipinski definition) is 1. The fraction of sp³-hybridized carbons (Fsp3) is 0.250. The Morgan fingerprint density at radius 2 is 2.20 bits per heavy atom. The molecule has 0 aliphatic rings. The molecule has 0 saturated heterocycles. The Morgan fingerprint density at radius 1 is 1.47 bits per heavy atom. The molecule has 0 bridgehead atoms. The SMILES string of the molecule is C#CCNC(=O)CCc1ccccc1Cl. The molecule has 15 heavy (non-hydrogen) atoms. The summed E-state index contributed by atoms with van der Waals surface area (Å²) < 4.78 is 0. The molecule has 0 radical (unpaired) electrons. The van der Waals surface area contributed by atoms with Gasteiger partial charge in [0.15, 0.2) is 0 Å². The first-order chi connectivity index (χ1) is 7.24. The summed E-state index contributed by atoms with van der Waals surface area (Å²) in [5, 5.41) is 3.30. The van der Waals surface area contributed by atoms with Crippen LogP contribution in [0.1, 0.15) is 12.0 Å². The molecule has 0 atom stereocenters. The van der Waals surface area contributed by atoms with Gasteiger partial charge in [-0.05, 0) is 18.1 Å². The largest absolute Gasteiger partial charge is 0.345 e. The summed E-state index contributed by atoms with van der Waals surface area (Å²) in [5.74, 6) is 2.30. The van der Waals surface area contributed by atoms with E-state index in [0.717, 1.165) is 5.56 Å². The maximum Gasteiger partial charge on any atom is 0.221 e. The van der Waals surface area contributed by atoms with E-state index in [4.69, 9.17) is 18.0 Å². The second-order valence-electron chi connectivity index (χ2n) is 3.07. The molecule has 0 saturated carbocycles. The molecule has 0 fully saturated rings. The average Bonchev–Trinajstić information content (AvgIpc) is 2.25. The van der Waals surface area contributed by atoms with Gasteiger partial charge in [-0.2, -0.15) is 0 Å². The van der Waals surface area contributed by atoms with Crippen LogP contribution in [0.25, 0.3) is 0 Å². The lowest BCUT2D eigenvalue weighted by Crippen LogP contribution is -2.23. The topological polar surface area (TPSA) is 29.1 Å². The second kappa shape index (κ2) is 6.10. The molecular formula is C12H12ClNO. The summed E-state index contributed by atoms with van der Waals surface area (Å²) in [6, 6.07) is 7.50. The van der Waals surface area contributed by atoms with Gasteiger partial charge in [-0.25, -0.2) is 0 Å². The van der Waals surface area contributed by atoms with E-state index in [9.17, 15) is 4.79 Å². The molecule has 1 aromatic rings. The summed E-state index contributed by atoms with van der Waals surface area (Å²) in [4.78, 5) is 11.2. The lowest BCUT2D eigenvalue weighted by Gasteiger charge is -2.03. The maximum absolute atomic E-state index is 11.2. The van der Waals surface area contributed by atoms with Crippen LogP contribution in [-0.4, -0.2) is 12.5 Å². The van der Waals surface area contributed by atoms with Crippen molar-refractivity contribution in [2.45, 2.75) is 12.8 Å². The van der Waals surface area contributed by atoms with Gasteiger partial charge in [0.05, 0.1) is 6.54 Å². The van der Waals surface area contributed by atoms with Gasteiger partial charge >= 0.3 is 0 Å². The van der Waals surface area contributed by atoms with Crippen LogP contribution < -0.4 is 5.32 Å². The Hall–Kier alpha value is -1.46. The molecule has 1 N–H and O–H groups in total. The summed E-state index contributed by atoms with van der Waals surface area (Å²) in [7, 11) is 0. The number of nitrogens with one attached hydrogen (secondary N) is 1. The van der Waals surface area contributed by atoms with Crippen LogP contribution in [0.3, 0.4) is 0 Å². The summed E-state index contributed by atoms with van der Waals surface area (Å²) in [6.45, 7) is 0.279. The third kappa shape index (κ3) is 4.05. The van der Waals surface area contributed by atoms with Gasteiger partial charge in [-0.1, -0.05) is 35.7 Å². The van der Waals surface area contributed by atoms with Crippen LogP contribution in [0.5, 0.6) is 0 Å². The Kier molecular flexibility index (Phi) is 4.73. The fourth-order valence-electron chi connectivity index (χ4n) is 1.19. The van der Waals surface area contributed by atoms with Crippen molar-refractivity contribution >= 4 is 17.5 Å². The highest BCUT2D eigenvalue weighted by atomic mass is 35.5. The Labute approximate surface area is 94.6 Å². The van der Waals surface area contributed by atoms with Crippen molar-refractivity contribution in [1.82, 2.24) is 5.32 Å². The first-order valence-electron chi connectivity index (χ1n) is 4.67. The molecule has 0 spiro atoms. The van der Waals surface area contributed by atoms with Crippen molar-refractivity contribution < 1.29 is 4.79 Å². The van der Waals surface area contributed by atoms with Crippen LogP contribution in [0, 0.1) is 12.3 Å². The summed E-state index contributed by atoms with van der Waals surface area (Å²) >= 11 is 5.95. The van der Waals surface area contributed by atoms with Gasteiger partial charge < -0.3 is 5.32 Å². The van der Waals surface area contributed by atoms with Gasteiger partial charge in [0, 0.05) is 11.4 Å². The first kappa shape index (κ1) is 11.6. The third-order valence-corrected chi connectivity index (χ3v) is 2.34. The normalized spacial score (nSPS) is 9.33. The zero-order valence-electron chi connectivity index (χ0n) is 8.29. The highest BCUT2D eigenvalue weighted by molar-refractivity contribution is 6.31. The van der Waals surface area contributed by atoms with Gasteiger partial charge in [-0.15, -0.1) is 6.42 Å². The zero-order chi connectivity index (χ0) is 11.1. The smallest absolute Gasteiger partial charge is 0.221 e. The Balaban J connectivity index is 2.41. The van der Waals surface area contributed by atoms with E-state index in [1.54, 1.807) is 0 Å². The number of carbonyl (C=O) groups excluding carboxylic acids is 1. The van der Waals surface area contributed by atoms with Crippen LogP contribution in [-0.2, 0) is 11.2 Å². The van der Waals surface area contributed by atoms with Gasteiger partial charge in [-0.3, -0.25) is 4.79 Å². The summed E-state index contributed by atoms with van der Waals surface area (Å²) in [6.07, 6.45) is 6.07. The number of hydrogen-bond donors (Lipinski definition) is 1. The van der Waals surface area contributed by atoms with E-state index in [1.807, 2.05) is 24.3 Å². The number of benzene rings is 1. The second-order valence-corrected chi connectivity index (χ2v) is 3.48. The van der Waals surface area contributed by atoms with Gasteiger partial charge in [0.1, 0.15) is 0 Å². The Bertz CT molecular complexity index is 381. The lowest BCUT2D eigenvalue weighted by atomic mass is 10.1. The van der Waals surface area contributed by atoms with Crippen LogP contribution in [0.2, 0.25) is 5.02 Å². The van der Waals surface area contributed by atoms with Crippen molar-refractivity contribution in [3.05, 3.63) is 34.9 Å². The fourth-order valence-corrected chi connectivity index (χ4v) is 1.42. The van der Waals surface area contributed by atoms with Crippen molar-refractivity contribution in [2.24, 2.45) is 0 Å². The zero-order valence-corrected chi connectivity index (χ0v) is 9.05. The highest BCUT2D eigenvalue weighted by Gasteiger charge is 2.03. The van der Waals surface area contributed by atoms with Crippen molar-refractivity contribution in [3.8, 4) is 12.3 Å². The Morgan fingerprint density at radius 3 is 2.87 bits per heavy atom. The van der Waals surface area contributed by atoms with Crippen molar-refractivity contribution in [2.75, 3.05) is 6.54 Å². The number of halogens is 1. The van der Waals surface area contributed by atoms with Crippen LogP contribution in [0.15, 0.2) is 24.3 Å². The van der Waals surface area contributed by atoms with Crippen LogP contribution >= 0.6 is 11.6 Å². The molecule has 0 aliphatic heterocycles. The first-order valence-corrected chi connectivity index (χ1v) is 5.05. The van der Waals surface area contributed by atoms with E-state index >= 15 is 0 Å².